The number of carbonyl (C=O) groups is 2. The predicted molar refractivity (Wildman–Crippen MR) is 133 cm³/mol. The molecule has 1 N–H and O–H groups in total. The third kappa shape index (κ3) is 5.65. The fourth-order valence-corrected chi connectivity index (χ4v) is 5.11. The average molecular weight is 481 g/mol. The number of benzene rings is 2. The molecule has 2 aromatic carbocycles. The third-order valence-corrected chi connectivity index (χ3v) is 6.87. The summed E-state index contributed by atoms with van der Waals surface area (Å²) in [4.78, 5) is 29.7. The van der Waals surface area contributed by atoms with Crippen molar-refractivity contribution >= 4 is 28.8 Å². The Balaban J connectivity index is 1.79. The van der Waals surface area contributed by atoms with Crippen molar-refractivity contribution in [3.8, 4) is 5.75 Å². The molecule has 7 heteroatoms. The van der Waals surface area contributed by atoms with Crippen molar-refractivity contribution in [3.63, 3.8) is 0 Å². The Morgan fingerprint density at radius 3 is 2.62 bits per heavy atom. The van der Waals surface area contributed by atoms with Crippen LogP contribution in [0.3, 0.4) is 0 Å². The Morgan fingerprint density at radius 2 is 1.91 bits per heavy atom. The minimum absolute atomic E-state index is 0.0331. The van der Waals surface area contributed by atoms with E-state index < -0.39 is 11.9 Å². The second-order valence-corrected chi connectivity index (χ2v) is 9.40. The Kier molecular flexibility index (Phi) is 7.95. The molecule has 1 aliphatic carbocycles. The van der Waals surface area contributed by atoms with Gasteiger partial charge in [0.2, 0.25) is 11.8 Å². The van der Waals surface area contributed by atoms with E-state index in [1.54, 1.807) is 42.5 Å². The zero-order valence-electron chi connectivity index (χ0n) is 19.2. The molecule has 5 nitrogen and oxygen atoms in total. The number of nitrogens with zero attached hydrogens (tertiary/aromatic N) is 1. The molecule has 1 heterocycles. The molecule has 1 aliphatic rings. The van der Waals surface area contributed by atoms with Gasteiger partial charge in [-0.1, -0.05) is 43.2 Å². The molecule has 178 valence electrons. The normalized spacial score (nSPS) is 14.5. The second-order valence-electron chi connectivity index (χ2n) is 8.36. The fraction of sp³-hybridized carbons (Fsp3) is 0.333. The van der Waals surface area contributed by atoms with Crippen LogP contribution in [0.5, 0.6) is 5.75 Å². The molecule has 34 heavy (non-hydrogen) atoms. The second kappa shape index (κ2) is 11.3. The number of hydrogen-bond acceptors (Lipinski definition) is 4. The molecule has 0 aliphatic heterocycles. The maximum atomic E-state index is 15.1. The minimum atomic E-state index is -1.15. The van der Waals surface area contributed by atoms with Gasteiger partial charge in [-0.2, -0.15) is 0 Å². The molecule has 0 spiro atoms. The first-order chi connectivity index (χ1) is 16.6. The summed E-state index contributed by atoms with van der Waals surface area (Å²) in [5.41, 5.74) is 0.654. The van der Waals surface area contributed by atoms with Gasteiger partial charge in [-0.05, 0) is 49.4 Å². The van der Waals surface area contributed by atoms with E-state index >= 15 is 4.39 Å². The Labute approximate surface area is 203 Å². The molecule has 2 amide bonds. The maximum absolute atomic E-state index is 15.1. The van der Waals surface area contributed by atoms with Crippen LogP contribution in [0.15, 0.2) is 66.0 Å². The maximum Gasteiger partial charge on any atom is 0.248 e. The van der Waals surface area contributed by atoms with Crippen molar-refractivity contribution in [2.45, 2.75) is 51.1 Å². The number of nitrogens with one attached hydrogen (secondary N) is 1. The molecule has 1 saturated carbocycles. The van der Waals surface area contributed by atoms with Crippen molar-refractivity contribution in [3.05, 3.63) is 82.3 Å². The third-order valence-electron chi connectivity index (χ3n) is 5.99. The van der Waals surface area contributed by atoms with Crippen molar-refractivity contribution in [2.75, 3.05) is 11.5 Å². The summed E-state index contributed by atoms with van der Waals surface area (Å²) in [7, 11) is 0. The summed E-state index contributed by atoms with van der Waals surface area (Å²) in [6.45, 7) is 2.34. The predicted octanol–water partition coefficient (Wildman–Crippen LogP) is 5.66. The number of anilines is 1. The van der Waals surface area contributed by atoms with Crippen LogP contribution in [0.25, 0.3) is 0 Å². The summed E-state index contributed by atoms with van der Waals surface area (Å²) in [6, 6.07) is 15.9. The van der Waals surface area contributed by atoms with Gasteiger partial charge in [0.1, 0.15) is 17.6 Å². The largest absolute Gasteiger partial charge is 0.494 e. The van der Waals surface area contributed by atoms with Crippen LogP contribution in [0.2, 0.25) is 0 Å². The first-order valence-electron chi connectivity index (χ1n) is 11.7. The molecule has 4 rings (SSSR count). The zero-order valence-corrected chi connectivity index (χ0v) is 20.0. The molecular weight excluding hydrogens is 451 g/mol. The summed E-state index contributed by atoms with van der Waals surface area (Å²) in [5, 5.41) is 4.99. The summed E-state index contributed by atoms with van der Waals surface area (Å²) in [5.74, 6) is -0.606. The van der Waals surface area contributed by atoms with E-state index in [4.69, 9.17) is 4.74 Å². The molecule has 0 unspecified atom stereocenters. The van der Waals surface area contributed by atoms with Crippen LogP contribution < -0.4 is 15.0 Å². The molecule has 0 radical (unpaired) electrons. The number of rotatable bonds is 9. The van der Waals surface area contributed by atoms with E-state index in [0.29, 0.717) is 18.0 Å². The van der Waals surface area contributed by atoms with Gasteiger partial charge in [0.05, 0.1) is 13.0 Å². The number of amides is 2. The highest BCUT2D eigenvalue weighted by Gasteiger charge is 2.36. The lowest BCUT2D eigenvalue weighted by atomic mass is 10.0. The SMILES string of the molecule is CCOc1cccc(N(C(=O)Cc2cccs2)[C@H](C(=O)NC2CCCC2)c2ccccc2F)c1. The first kappa shape index (κ1) is 24.0. The smallest absolute Gasteiger partial charge is 0.248 e. The highest BCUT2D eigenvalue weighted by atomic mass is 32.1. The van der Waals surface area contributed by atoms with E-state index in [9.17, 15) is 9.59 Å². The van der Waals surface area contributed by atoms with Crippen molar-refractivity contribution in [2.24, 2.45) is 0 Å². The van der Waals surface area contributed by atoms with Gasteiger partial charge < -0.3 is 10.1 Å². The average Bonchev–Trinajstić information content (AvgIpc) is 3.53. The van der Waals surface area contributed by atoms with Crippen LogP contribution in [0.4, 0.5) is 10.1 Å². The fourth-order valence-electron chi connectivity index (χ4n) is 4.42. The highest BCUT2D eigenvalue weighted by Crippen LogP contribution is 2.33. The van der Waals surface area contributed by atoms with Crippen molar-refractivity contribution < 1.29 is 18.7 Å². The lowest BCUT2D eigenvalue weighted by Gasteiger charge is -2.32. The van der Waals surface area contributed by atoms with Gasteiger partial charge in [-0.15, -0.1) is 11.3 Å². The number of carbonyl (C=O) groups excluding carboxylic acids is 2. The summed E-state index contributed by atoms with van der Waals surface area (Å²) in [6.07, 6.45) is 3.98. The minimum Gasteiger partial charge on any atom is -0.494 e. The molecule has 1 fully saturated rings. The van der Waals surface area contributed by atoms with Gasteiger partial charge in [-0.25, -0.2) is 4.39 Å². The summed E-state index contributed by atoms with van der Waals surface area (Å²) < 4.78 is 20.7. The lowest BCUT2D eigenvalue weighted by molar-refractivity contribution is -0.127. The van der Waals surface area contributed by atoms with Gasteiger partial charge in [0, 0.05) is 28.2 Å². The highest BCUT2D eigenvalue weighted by molar-refractivity contribution is 7.10. The molecular formula is C27H29FN2O3S. The Bertz CT molecular complexity index is 1110. The Morgan fingerprint density at radius 1 is 1.12 bits per heavy atom. The van der Waals surface area contributed by atoms with Gasteiger partial charge in [0.15, 0.2) is 0 Å². The summed E-state index contributed by atoms with van der Waals surface area (Å²) >= 11 is 1.47. The van der Waals surface area contributed by atoms with E-state index in [1.807, 2.05) is 24.4 Å². The van der Waals surface area contributed by atoms with Crippen molar-refractivity contribution in [1.29, 1.82) is 0 Å². The molecule has 3 aromatic rings. The topological polar surface area (TPSA) is 58.6 Å². The van der Waals surface area contributed by atoms with Crippen LogP contribution in [0.1, 0.15) is 49.1 Å². The zero-order chi connectivity index (χ0) is 23.9. The van der Waals surface area contributed by atoms with Crippen LogP contribution in [-0.2, 0) is 16.0 Å². The van der Waals surface area contributed by atoms with E-state index in [1.165, 1.54) is 22.3 Å². The van der Waals surface area contributed by atoms with Crippen LogP contribution >= 0.6 is 11.3 Å². The van der Waals surface area contributed by atoms with Gasteiger partial charge in [-0.3, -0.25) is 14.5 Å². The Hall–Kier alpha value is -3.19. The van der Waals surface area contributed by atoms with E-state index in [0.717, 1.165) is 30.6 Å². The van der Waals surface area contributed by atoms with Crippen molar-refractivity contribution in [1.82, 2.24) is 5.32 Å². The lowest BCUT2D eigenvalue weighted by Crippen LogP contribution is -2.47. The number of ether oxygens (including phenoxy) is 1. The monoisotopic (exact) mass is 480 g/mol. The molecule has 0 bridgehead atoms. The van der Waals surface area contributed by atoms with Crippen LogP contribution in [0, 0.1) is 5.82 Å². The van der Waals surface area contributed by atoms with Gasteiger partial charge in [0.25, 0.3) is 0 Å². The number of hydrogen-bond donors (Lipinski definition) is 1. The first-order valence-corrected chi connectivity index (χ1v) is 12.6. The standard InChI is InChI=1S/C27H29FN2O3S/c1-2-33-21-12-7-11-20(17-21)30(25(31)18-22-13-8-16-34-22)26(23-14-5-6-15-24(23)28)27(32)29-19-9-3-4-10-19/h5-8,11-17,19,26H,2-4,9-10,18H2,1H3,(H,29,32)/t26-/m0/s1. The number of thiophene rings is 1. The van der Waals surface area contributed by atoms with E-state index in [-0.39, 0.29) is 29.8 Å². The van der Waals surface area contributed by atoms with Gasteiger partial charge >= 0.3 is 0 Å². The number of halogens is 1. The van der Waals surface area contributed by atoms with Crippen LogP contribution in [-0.4, -0.2) is 24.5 Å². The molecule has 0 saturated heterocycles. The van der Waals surface area contributed by atoms with E-state index in [2.05, 4.69) is 5.32 Å². The molecule has 1 aromatic heterocycles. The molecule has 1 atom stereocenters. The quantitative estimate of drug-likeness (QED) is 0.430.